The van der Waals surface area contributed by atoms with E-state index in [-0.39, 0.29) is 18.0 Å². The number of hydrogen-bond acceptors (Lipinski definition) is 6. The van der Waals surface area contributed by atoms with Crippen molar-refractivity contribution in [2.75, 3.05) is 12.0 Å². The molecule has 5 nitrogen and oxygen atoms in total. The number of thioether (sulfide) groups is 1. The number of hydrogen-bond donors (Lipinski definition) is 0. The van der Waals surface area contributed by atoms with Crippen LogP contribution in [-0.4, -0.2) is 31.2 Å². The summed E-state index contributed by atoms with van der Waals surface area (Å²) in [5.41, 5.74) is 3.34. The van der Waals surface area contributed by atoms with Gasteiger partial charge in [0, 0.05) is 16.9 Å². The third-order valence-electron chi connectivity index (χ3n) is 5.09. The molecule has 2 aromatic carbocycles. The normalized spacial score (nSPS) is 11.6. The molecule has 3 aromatic rings. The van der Waals surface area contributed by atoms with Crippen LogP contribution in [0.2, 0.25) is 0 Å². The van der Waals surface area contributed by atoms with Gasteiger partial charge in [-0.15, -0.1) is 11.8 Å². The first kappa shape index (κ1) is 23.3. The maximum atomic E-state index is 12.6. The van der Waals surface area contributed by atoms with E-state index in [0.717, 1.165) is 23.1 Å². The third-order valence-corrected chi connectivity index (χ3v) is 7.30. The van der Waals surface area contributed by atoms with E-state index in [2.05, 4.69) is 17.1 Å². The Balaban J connectivity index is 1.56. The zero-order valence-electron chi connectivity index (χ0n) is 18.1. The van der Waals surface area contributed by atoms with Crippen LogP contribution >= 0.6 is 11.8 Å². The van der Waals surface area contributed by atoms with Crippen molar-refractivity contribution in [2.24, 2.45) is 0 Å². The molecule has 7 heteroatoms. The van der Waals surface area contributed by atoms with Gasteiger partial charge >= 0.3 is 0 Å². The van der Waals surface area contributed by atoms with E-state index in [4.69, 9.17) is 4.42 Å². The van der Waals surface area contributed by atoms with Gasteiger partial charge in [0.2, 0.25) is 5.89 Å². The highest BCUT2D eigenvalue weighted by Gasteiger charge is 2.22. The van der Waals surface area contributed by atoms with Gasteiger partial charge in [-0.3, -0.25) is 4.79 Å². The van der Waals surface area contributed by atoms with E-state index in [0.29, 0.717) is 23.8 Å². The molecule has 0 N–H and O–H groups in total. The summed E-state index contributed by atoms with van der Waals surface area (Å²) in [5.74, 6) is -0.163. The lowest BCUT2D eigenvalue weighted by atomic mass is 10.1. The first-order valence-corrected chi connectivity index (χ1v) is 13.2. The lowest BCUT2D eigenvalue weighted by molar-refractivity contribution is -0.116. The van der Waals surface area contributed by atoms with Gasteiger partial charge in [-0.2, -0.15) is 0 Å². The first-order chi connectivity index (χ1) is 14.8. The van der Waals surface area contributed by atoms with Crippen molar-refractivity contribution in [3.63, 3.8) is 0 Å². The van der Waals surface area contributed by atoms with Crippen molar-refractivity contribution in [3.05, 3.63) is 71.1 Å². The largest absolute Gasteiger partial charge is 0.441 e. The molecule has 0 amide bonds. The van der Waals surface area contributed by atoms with Crippen molar-refractivity contribution in [1.82, 2.24) is 4.98 Å². The molecule has 0 aliphatic carbocycles. The number of nitrogens with zero attached hydrogens (tertiary/aromatic N) is 1. The highest BCUT2D eigenvalue weighted by atomic mass is 32.2. The predicted octanol–water partition coefficient (Wildman–Crippen LogP) is 5.19. The zero-order chi connectivity index (χ0) is 22.4. The van der Waals surface area contributed by atoms with Crippen LogP contribution in [0.4, 0.5) is 0 Å². The Bertz CT molecular complexity index is 1150. The number of Topliss-reactive ketones (excluding diaryl/α,β-unsaturated/α-hetero) is 1. The number of carbonyl (C=O) groups excluding carboxylic acids is 1. The molecule has 1 heterocycles. The summed E-state index contributed by atoms with van der Waals surface area (Å²) in [5, 5.41) is 0. The first-order valence-electron chi connectivity index (χ1n) is 10.1. The minimum atomic E-state index is -3.61. The van der Waals surface area contributed by atoms with Crippen LogP contribution in [0.1, 0.15) is 35.4 Å². The second-order valence-electron chi connectivity index (χ2n) is 7.61. The maximum Gasteiger partial charge on any atom is 0.226 e. The molecule has 1 aromatic heterocycles. The summed E-state index contributed by atoms with van der Waals surface area (Å²) in [6.45, 7) is 3.64. The highest BCUT2D eigenvalue weighted by molar-refractivity contribution is 7.98. The van der Waals surface area contributed by atoms with Crippen LogP contribution in [0.25, 0.3) is 11.5 Å². The van der Waals surface area contributed by atoms with Gasteiger partial charge < -0.3 is 4.42 Å². The lowest BCUT2D eigenvalue weighted by Crippen LogP contribution is -2.18. The van der Waals surface area contributed by atoms with Crippen molar-refractivity contribution >= 4 is 27.4 Å². The Hall–Kier alpha value is -2.38. The lowest BCUT2D eigenvalue weighted by Gasteiger charge is -2.04. The van der Waals surface area contributed by atoms with Crippen LogP contribution in [0.5, 0.6) is 0 Å². The van der Waals surface area contributed by atoms with E-state index in [1.165, 1.54) is 4.90 Å². The molecule has 0 saturated heterocycles. The second-order valence-corrected chi connectivity index (χ2v) is 10.6. The number of aryl methyl sites for hydroxylation is 3. The Labute approximate surface area is 188 Å². The van der Waals surface area contributed by atoms with Gasteiger partial charge in [0.1, 0.15) is 17.3 Å². The Morgan fingerprint density at radius 1 is 1.06 bits per heavy atom. The van der Waals surface area contributed by atoms with Crippen LogP contribution < -0.4 is 0 Å². The molecule has 164 valence electrons. The van der Waals surface area contributed by atoms with E-state index in [1.54, 1.807) is 18.7 Å². The highest BCUT2D eigenvalue weighted by Crippen LogP contribution is 2.25. The van der Waals surface area contributed by atoms with E-state index in [9.17, 15) is 13.2 Å². The topological polar surface area (TPSA) is 77.2 Å². The fraction of sp³-hybridized carbons (Fsp3) is 0.333. The molecule has 0 radical (unpaired) electrons. The van der Waals surface area contributed by atoms with Crippen LogP contribution in [0.3, 0.4) is 0 Å². The number of ketones is 1. The predicted molar refractivity (Wildman–Crippen MR) is 125 cm³/mol. The molecule has 0 atom stereocenters. The molecule has 0 fully saturated rings. The summed E-state index contributed by atoms with van der Waals surface area (Å²) < 4.78 is 30.8. The average Bonchev–Trinajstić information content (AvgIpc) is 3.07. The fourth-order valence-corrected chi connectivity index (χ4v) is 5.18. The maximum absolute atomic E-state index is 12.6. The number of sulfone groups is 1. The van der Waals surface area contributed by atoms with Crippen molar-refractivity contribution in [3.8, 4) is 11.5 Å². The summed E-state index contributed by atoms with van der Waals surface area (Å²) in [6.07, 6.45) is 3.66. The third kappa shape index (κ3) is 6.55. The monoisotopic (exact) mass is 457 g/mol. The summed E-state index contributed by atoms with van der Waals surface area (Å²) in [7, 11) is -3.61. The van der Waals surface area contributed by atoms with Crippen molar-refractivity contribution < 1.29 is 17.6 Å². The molecular weight excluding hydrogens is 430 g/mol. The quantitative estimate of drug-likeness (QED) is 0.390. The zero-order valence-corrected chi connectivity index (χ0v) is 19.7. The summed E-state index contributed by atoms with van der Waals surface area (Å²) >= 11 is 1.68. The molecule has 0 unspecified atom stereocenters. The van der Waals surface area contributed by atoms with Gasteiger partial charge in [-0.1, -0.05) is 30.3 Å². The second kappa shape index (κ2) is 10.3. The van der Waals surface area contributed by atoms with E-state index in [1.807, 2.05) is 49.6 Å². The van der Waals surface area contributed by atoms with Crippen LogP contribution in [0.15, 0.2) is 57.8 Å². The Morgan fingerprint density at radius 2 is 1.77 bits per heavy atom. The van der Waals surface area contributed by atoms with E-state index < -0.39 is 15.6 Å². The SMILES string of the molecule is CSc1ccc(CCCC(=O)CS(=O)(=O)Cc2nc(-c3ccccc3C)oc2C)cc1. The van der Waals surface area contributed by atoms with Crippen LogP contribution in [-0.2, 0) is 26.8 Å². The number of oxazole rings is 1. The Kier molecular flexibility index (Phi) is 7.73. The number of benzene rings is 2. The van der Waals surface area contributed by atoms with Gasteiger partial charge in [0.15, 0.2) is 9.84 Å². The van der Waals surface area contributed by atoms with Gasteiger partial charge in [0.25, 0.3) is 0 Å². The summed E-state index contributed by atoms with van der Waals surface area (Å²) in [6, 6.07) is 15.8. The van der Waals surface area contributed by atoms with Gasteiger partial charge in [-0.25, -0.2) is 13.4 Å². The van der Waals surface area contributed by atoms with Crippen molar-refractivity contribution in [1.29, 1.82) is 0 Å². The number of aromatic nitrogens is 1. The fourth-order valence-electron chi connectivity index (χ4n) is 3.35. The molecule has 3 rings (SSSR count). The smallest absolute Gasteiger partial charge is 0.226 e. The molecule has 0 spiro atoms. The van der Waals surface area contributed by atoms with Crippen LogP contribution in [0, 0.1) is 13.8 Å². The van der Waals surface area contributed by atoms with E-state index >= 15 is 0 Å². The molecule has 31 heavy (non-hydrogen) atoms. The molecule has 0 saturated carbocycles. The Morgan fingerprint density at radius 3 is 2.45 bits per heavy atom. The van der Waals surface area contributed by atoms with Gasteiger partial charge in [-0.05, 0) is 62.3 Å². The number of carbonyl (C=O) groups is 1. The molecular formula is C24H27NO4S2. The summed E-state index contributed by atoms with van der Waals surface area (Å²) in [4.78, 5) is 17.9. The van der Waals surface area contributed by atoms with Gasteiger partial charge in [0.05, 0.1) is 11.4 Å². The number of rotatable bonds is 10. The molecule has 0 aliphatic heterocycles. The molecule has 0 bridgehead atoms. The standard InChI is InChI=1S/C24H27NO4S2/c1-17-7-4-5-10-22(17)24-25-23(18(2)29-24)16-31(27,28)15-20(26)9-6-8-19-11-13-21(30-3)14-12-19/h4-5,7,10-14H,6,8-9,15-16H2,1-3H3. The minimum Gasteiger partial charge on any atom is -0.441 e. The molecule has 0 aliphatic rings. The van der Waals surface area contributed by atoms with Crippen molar-refractivity contribution in [2.45, 2.75) is 43.8 Å². The minimum absolute atomic E-state index is 0.246. The average molecular weight is 458 g/mol.